The third kappa shape index (κ3) is 4.63. The second-order valence-corrected chi connectivity index (χ2v) is 3.27. The van der Waals surface area contributed by atoms with Gasteiger partial charge in [-0.3, -0.25) is 5.43 Å². The zero-order chi connectivity index (χ0) is 11.4. The van der Waals surface area contributed by atoms with Crippen molar-refractivity contribution in [2.75, 3.05) is 20.6 Å². The number of nitrogens with one attached hydrogen (secondary N) is 2. The van der Waals surface area contributed by atoms with E-state index in [9.17, 15) is 14.7 Å². The summed E-state index contributed by atoms with van der Waals surface area (Å²) in [6, 6.07) is -0.573. The topological polar surface area (TPSA) is 102 Å². The maximum atomic E-state index is 11.0. The van der Waals surface area contributed by atoms with Gasteiger partial charge < -0.3 is 15.5 Å². The highest BCUT2D eigenvalue weighted by atomic mass is 16.4. The molecule has 4 N–H and O–H groups in total. The smallest absolute Gasteiger partial charge is 0.337 e. The van der Waals surface area contributed by atoms with Gasteiger partial charge in [-0.25, -0.2) is 14.6 Å². The second-order valence-electron chi connectivity index (χ2n) is 3.27. The molecule has 0 radical (unpaired) electrons. The van der Waals surface area contributed by atoms with Crippen molar-refractivity contribution in [2.45, 2.75) is 12.5 Å². The van der Waals surface area contributed by atoms with Crippen molar-refractivity contribution in [3.63, 3.8) is 0 Å². The van der Waals surface area contributed by atoms with Gasteiger partial charge in [0.25, 0.3) is 0 Å². The third-order valence-corrected chi connectivity index (χ3v) is 1.38. The number of hydrogen-bond acceptors (Lipinski definition) is 4. The van der Waals surface area contributed by atoms with Crippen LogP contribution in [0, 0.1) is 0 Å². The highest BCUT2D eigenvalue weighted by Crippen LogP contribution is 2.00. The summed E-state index contributed by atoms with van der Waals surface area (Å²) in [6.45, 7) is 0.743. The van der Waals surface area contributed by atoms with Crippen LogP contribution in [0.5, 0.6) is 0 Å². The normalized spacial score (nSPS) is 14.6. The van der Waals surface area contributed by atoms with Crippen molar-refractivity contribution in [1.82, 2.24) is 15.8 Å². The molecular weight excluding hydrogens is 190 g/mol. The number of rotatable bonds is 4. The van der Waals surface area contributed by atoms with Gasteiger partial charge in [-0.05, 0) is 6.92 Å². The first-order valence-corrected chi connectivity index (χ1v) is 3.93. The number of aliphatic carboxylic acids is 1. The van der Waals surface area contributed by atoms with E-state index in [-0.39, 0.29) is 6.54 Å². The van der Waals surface area contributed by atoms with Crippen LogP contribution in [0.4, 0.5) is 4.79 Å². The molecule has 0 fully saturated rings. The van der Waals surface area contributed by atoms with Crippen LogP contribution in [-0.2, 0) is 4.79 Å². The fourth-order valence-corrected chi connectivity index (χ4v) is 0.571. The van der Waals surface area contributed by atoms with E-state index < -0.39 is 17.6 Å². The van der Waals surface area contributed by atoms with Crippen molar-refractivity contribution in [1.29, 1.82) is 0 Å². The molecule has 0 aliphatic rings. The quantitative estimate of drug-likeness (QED) is 0.423. The lowest BCUT2D eigenvalue weighted by Gasteiger charge is -2.19. The van der Waals surface area contributed by atoms with E-state index in [0.717, 1.165) is 6.92 Å². The number of carbonyl (C=O) groups is 2. The Hall–Kier alpha value is -1.34. The van der Waals surface area contributed by atoms with Crippen LogP contribution in [-0.4, -0.2) is 53.5 Å². The predicted molar refractivity (Wildman–Crippen MR) is 48.5 cm³/mol. The highest BCUT2D eigenvalue weighted by molar-refractivity contribution is 5.79. The number of hydrazine groups is 1. The average Bonchev–Trinajstić information content (AvgIpc) is 1.99. The summed E-state index contributed by atoms with van der Waals surface area (Å²) in [6.07, 6.45) is 0. The fourth-order valence-electron chi connectivity index (χ4n) is 0.571. The molecule has 0 aromatic rings. The Balaban J connectivity index is 3.94. The molecule has 0 aromatic heterocycles. The maximum absolute atomic E-state index is 11.0. The number of carbonyl (C=O) groups excluding carboxylic acids is 1. The Labute approximate surface area is 81.7 Å². The molecule has 0 aliphatic heterocycles. The van der Waals surface area contributed by atoms with Gasteiger partial charge >= 0.3 is 12.0 Å². The lowest BCUT2D eigenvalue weighted by molar-refractivity contribution is -0.155. The van der Waals surface area contributed by atoms with Crippen LogP contribution in [0.3, 0.4) is 0 Å². The van der Waals surface area contributed by atoms with E-state index in [1.807, 2.05) is 0 Å². The number of amides is 2. The lowest BCUT2D eigenvalue weighted by atomic mass is 10.1. The van der Waals surface area contributed by atoms with E-state index in [1.54, 1.807) is 14.1 Å². The minimum Gasteiger partial charge on any atom is -0.479 e. The summed E-state index contributed by atoms with van der Waals surface area (Å²) in [4.78, 5) is 21.4. The van der Waals surface area contributed by atoms with Gasteiger partial charge in [-0.1, -0.05) is 0 Å². The van der Waals surface area contributed by atoms with Crippen molar-refractivity contribution < 1.29 is 19.8 Å². The Kier molecular flexibility index (Phi) is 4.32. The molecule has 7 nitrogen and oxygen atoms in total. The fraction of sp³-hybridized carbons (Fsp3) is 0.714. The summed E-state index contributed by atoms with van der Waals surface area (Å²) in [5.41, 5.74) is 0.379. The van der Waals surface area contributed by atoms with Crippen molar-refractivity contribution in [3.8, 4) is 0 Å². The third-order valence-electron chi connectivity index (χ3n) is 1.38. The zero-order valence-corrected chi connectivity index (χ0v) is 8.37. The summed E-state index contributed by atoms with van der Waals surface area (Å²) in [5.74, 6) is -1.39. The Morgan fingerprint density at radius 1 is 1.43 bits per heavy atom. The summed E-state index contributed by atoms with van der Waals surface area (Å²) >= 11 is 0. The Morgan fingerprint density at radius 2 is 1.93 bits per heavy atom. The number of carboxylic acids is 1. The van der Waals surface area contributed by atoms with Crippen LogP contribution in [0.2, 0.25) is 0 Å². The summed E-state index contributed by atoms with van der Waals surface area (Å²) in [7, 11) is 3.21. The molecule has 2 amide bonds. The van der Waals surface area contributed by atoms with E-state index in [0.29, 0.717) is 0 Å². The van der Waals surface area contributed by atoms with Gasteiger partial charge in [0.05, 0.1) is 6.54 Å². The van der Waals surface area contributed by atoms with E-state index in [2.05, 4.69) is 10.7 Å². The number of hydrogen-bond donors (Lipinski definition) is 4. The number of nitrogens with zero attached hydrogens (tertiary/aromatic N) is 1. The van der Waals surface area contributed by atoms with Crippen LogP contribution >= 0.6 is 0 Å². The number of urea groups is 1. The van der Waals surface area contributed by atoms with Gasteiger partial charge in [-0.2, -0.15) is 0 Å². The molecule has 14 heavy (non-hydrogen) atoms. The van der Waals surface area contributed by atoms with Crippen LogP contribution in [0.1, 0.15) is 6.92 Å². The lowest BCUT2D eigenvalue weighted by Crippen LogP contribution is -2.51. The second kappa shape index (κ2) is 4.77. The molecule has 0 rings (SSSR count). The van der Waals surface area contributed by atoms with E-state index in [4.69, 9.17) is 5.11 Å². The minimum absolute atomic E-state index is 0.359. The minimum atomic E-state index is -1.95. The van der Waals surface area contributed by atoms with Gasteiger partial charge in [0.1, 0.15) is 0 Å². The molecule has 0 saturated carbocycles. The van der Waals surface area contributed by atoms with Crippen LogP contribution < -0.4 is 10.7 Å². The van der Waals surface area contributed by atoms with Crippen LogP contribution in [0.15, 0.2) is 0 Å². The van der Waals surface area contributed by atoms with Crippen LogP contribution in [0.25, 0.3) is 0 Å². The van der Waals surface area contributed by atoms with Gasteiger partial charge in [-0.15, -0.1) is 0 Å². The highest BCUT2D eigenvalue weighted by Gasteiger charge is 2.30. The van der Waals surface area contributed by atoms with Gasteiger partial charge in [0.2, 0.25) is 0 Å². The molecule has 0 aliphatic carbocycles. The first-order valence-electron chi connectivity index (χ1n) is 3.93. The van der Waals surface area contributed by atoms with Crippen molar-refractivity contribution in [3.05, 3.63) is 0 Å². The molecule has 1 atom stereocenters. The predicted octanol–water partition coefficient (Wildman–Crippen LogP) is -1.40. The van der Waals surface area contributed by atoms with E-state index >= 15 is 0 Å². The molecule has 7 heteroatoms. The zero-order valence-electron chi connectivity index (χ0n) is 8.37. The van der Waals surface area contributed by atoms with Crippen molar-refractivity contribution in [2.24, 2.45) is 0 Å². The molecule has 82 valence electrons. The average molecular weight is 205 g/mol. The maximum Gasteiger partial charge on any atom is 0.337 e. The molecular formula is C7H15N3O4. The largest absolute Gasteiger partial charge is 0.479 e. The molecule has 1 unspecified atom stereocenters. The standard InChI is InChI=1S/C7H15N3O4/c1-7(14,5(11)12)4-8-6(13)9-10(2)3/h14H,4H2,1-3H3,(H,11,12)(H2,8,9,13). The Bertz CT molecular complexity index is 227. The SMILES string of the molecule is CN(C)NC(=O)NCC(C)(O)C(=O)O. The van der Waals surface area contributed by atoms with E-state index in [1.165, 1.54) is 5.01 Å². The Morgan fingerprint density at radius 3 is 2.29 bits per heavy atom. The first-order chi connectivity index (χ1) is 6.25. The molecule has 0 heterocycles. The first kappa shape index (κ1) is 12.7. The molecule has 0 aromatic carbocycles. The molecule has 0 bridgehead atoms. The molecule has 0 spiro atoms. The van der Waals surface area contributed by atoms with Gasteiger partial charge in [0, 0.05) is 14.1 Å². The summed E-state index contributed by atoms with van der Waals surface area (Å²) in [5, 5.41) is 21.3. The van der Waals surface area contributed by atoms with Gasteiger partial charge in [0.15, 0.2) is 5.60 Å². The monoisotopic (exact) mass is 205 g/mol. The summed E-state index contributed by atoms with van der Waals surface area (Å²) < 4.78 is 0. The number of carboxylic acid groups (broad SMARTS) is 1. The molecule has 0 saturated heterocycles. The number of aliphatic hydroxyl groups is 1. The van der Waals surface area contributed by atoms with Crippen molar-refractivity contribution >= 4 is 12.0 Å².